The van der Waals surface area contributed by atoms with Gasteiger partial charge < -0.3 is 5.32 Å². The highest BCUT2D eigenvalue weighted by Gasteiger charge is 2.05. The van der Waals surface area contributed by atoms with E-state index in [1.807, 2.05) is 12.2 Å². The third-order valence-corrected chi connectivity index (χ3v) is 3.13. The maximum atomic E-state index is 11.0. The summed E-state index contributed by atoms with van der Waals surface area (Å²) in [5.41, 5.74) is 0.880. The maximum absolute atomic E-state index is 11.0. The van der Waals surface area contributed by atoms with E-state index >= 15 is 0 Å². The molecule has 0 aliphatic rings. The molecule has 0 unspecified atom stereocenters. The SMILES string of the molecule is CC(=O)NCCC=Cc1ccc(S(N)(=O)=O)cc1. The maximum Gasteiger partial charge on any atom is 0.238 e. The number of sulfonamides is 1. The fraction of sp³-hybridized carbons (Fsp3) is 0.250. The molecule has 0 heterocycles. The first-order valence-electron chi connectivity index (χ1n) is 5.43. The van der Waals surface area contributed by atoms with Gasteiger partial charge in [0.05, 0.1) is 4.90 Å². The molecule has 0 spiro atoms. The number of rotatable bonds is 5. The summed E-state index contributed by atoms with van der Waals surface area (Å²) in [7, 11) is -3.63. The van der Waals surface area contributed by atoms with E-state index in [1.54, 1.807) is 12.1 Å². The average molecular weight is 268 g/mol. The monoisotopic (exact) mass is 268 g/mol. The molecule has 0 fully saturated rings. The Bertz CT molecular complexity index is 533. The van der Waals surface area contributed by atoms with Crippen molar-refractivity contribution in [2.24, 2.45) is 5.14 Å². The molecule has 0 saturated carbocycles. The zero-order valence-electron chi connectivity index (χ0n) is 10.1. The number of benzene rings is 1. The highest BCUT2D eigenvalue weighted by Crippen LogP contribution is 2.10. The van der Waals surface area contributed by atoms with Crippen molar-refractivity contribution in [1.29, 1.82) is 0 Å². The Morgan fingerprint density at radius 1 is 1.33 bits per heavy atom. The van der Waals surface area contributed by atoms with Crippen LogP contribution in [-0.4, -0.2) is 20.9 Å². The third kappa shape index (κ3) is 5.11. The van der Waals surface area contributed by atoms with Crippen LogP contribution in [0.1, 0.15) is 18.9 Å². The molecule has 0 aliphatic heterocycles. The molecular formula is C12H16N2O3S. The highest BCUT2D eigenvalue weighted by atomic mass is 32.2. The summed E-state index contributed by atoms with van der Waals surface area (Å²) in [5.74, 6) is -0.0547. The number of hydrogen-bond donors (Lipinski definition) is 2. The van der Waals surface area contributed by atoms with Gasteiger partial charge in [-0.2, -0.15) is 0 Å². The molecule has 0 bridgehead atoms. The van der Waals surface area contributed by atoms with E-state index in [0.29, 0.717) is 6.54 Å². The van der Waals surface area contributed by atoms with Crippen LogP contribution in [0.2, 0.25) is 0 Å². The van der Waals surface area contributed by atoms with Gasteiger partial charge >= 0.3 is 0 Å². The Balaban J connectivity index is 2.54. The number of amides is 1. The van der Waals surface area contributed by atoms with Crippen LogP contribution in [0.25, 0.3) is 6.08 Å². The van der Waals surface area contributed by atoms with Gasteiger partial charge in [0, 0.05) is 13.5 Å². The summed E-state index contributed by atoms with van der Waals surface area (Å²) in [5, 5.41) is 7.66. The Morgan fingerprint density at radius 2 is 1.94 bits per heavy atom. The van der Waals surface area contributed by atoms with Crippen LogP contribution >= 0.6 is 0 Å². The quantitative estimate of drug-likeness (QED) is 0.777. The zero-order chi connectivity index (χ0) is 13.6. The largest absolute Gasteiger partial charge is 0.356 e. The van der Waals surface area contributed by atoms with Crippen LogP contribution in [0.3, 0.4) is 0 Å². The average Bonchev–Trinajstić information content (AvgIpc) is 2.27. The topological polar surface area (TPSA) is 89.3 Å². The van der Waals surface area contributed by atoms with Crippen molar-refractivity contribution in [1.82, 2.24) is 5.32 Å². The van der Waals surface area contributed by atoms with Crippen LogP contribution in [0, 0.1) is 0 Å². The molecule has 0 aliphatic carbocycles. The van der Waals surface area contributed by atoms with E-state index in [-0.39, 0.29) is 10.8 Å². The van der Waals surface area contributed by atoms with Crippen molar-refractivity contribution in [3.05, 3.63) is 35.9 Å². The van der Waals surface area contributed by atoms with Crippen LogP contribution in [0.4, 0.5) is 0 Å². The first-order chi connectivity index (χ1) is 8.39. The first kappa shape index (κ1) is 14.4. The van der Waals surface area contributed by atoms with Crippen LogP contribution in [0.5, 0.6) is 0 Å². The second-order valence-electron chi connectivity index (χ2n) is 3.79. The van der Waals surface area contributed by atoms with Crippen molar-refractivity contribution >= 4 is 22.0 Å². The minimum atomic E-state index is -3.63. The van der Waals surface area contributed by atoms with Gasteiger partial charge in [-0.25, -0.2) is 13.6 Å². The molecule has 1 amide bonds. The molecule has 0 atom stereocenters. The van der Waals surface area contributed by atoms with E-state index in [9.17, 15) is 13.2 Å². The number of carbonyl (C=O) groups is 1. The number of nitrogens with two attached hydrogens (primary N) is 1. The minimum absolute atomic E-state index is 0.0547. The van der Waals surface area contributed by atoms with Gasteiger partial charge in [0.2, 0.25) is 15.9 Å². The highest BCUT2D eigenvalue weighted by molar-refractivity contribution is 7.89. The molecule has 0 saturated heterocycles. The molecule has 3 N–H and O–H groups in total. The molecular weight excluding hydrogens is 252 g/mol. The van der Waals surface area contributed by atoms with E-state index in [0.717, 1.165) is 12.0 Å². The Hall–Kier alpha value is -1.66. The second kappa shape index (κ2) is 6.32. The summed E-state index contributed by atoms with van der Waals surface area (Å²) < 4.78 is 22.1. The zero-order valence-corrected chi connectivity index (χ0v) is 10.9. The Labute approximate surface area is 107 Å². The molecule has 1 aromatic carbocycles. The number of carbonyl (C=O) groups excluding carboxylic acids is 1. The van der Waals surface area contributed by atoms with Crippen LogP contribution < -0.4 is 10.5 Å². The molecule has 98 valence electrons. The van der Waals surface area contributed by atoms with Crippen molar-refractivity contribution in [2.45, 2.75) is 18.2 Å². The van der Waals surface area contributed by atoms with Gasteiger partial charge in [0.1, 0.15) is 0 Å². The van der Waals surface area contributed by atoms with Crippen LogP contribution in [0.15, 0.2) is 35.2 Å². The summed E-state index contributed by atoms with van der Waals surface area (Å²) >= 11 is 0. The van der Waals surface area contributed by atoms with Crippen molar-refractivity contribution < 1.29 is 13.2 Å². The number of primary sulfonamides is 1. The lowest BCUT2D eigenvalue weighted by molar-refractivity contribution is -0.118. The fourth-order valence-electron chi connectivity index (χ4n) is 1.32. The predicted octanol–water partition coefficient (Wildman–Crippen LogP) is 0.873. The Kier molecular flexibility index (Phi) is 5.06. The van der Waals surface area contributed by atoms with E-state index in [4.69, 9.17) is 5.14 Å². The molecule has 5 nitrogen and oxygen atoms in total. The van der Waals surface area contributed by atoms with Gasteiger partial charge in [-0.05, 0) is 24.1 Å². The lowest BCUT2D eigenvalue weighted by Gasteiger charge is -1.99. The summed E-state index contributed by atoms with van der Waals surface area (Å²) in [4.78, 5) is 10.7. The molecule has 1 rings (SSSR count). The predicted molar refractivity (Wildman–Crippen MR) is 70.1 cm³/mol. The molecule has 18 heavy (non-hydrogen) atoms. The number of hydrogen-bond acceptors (Lipinski definition) is 3. The Morgan fingerprint density at radius 3 is 2.44 bits per heavy atom. The van der Waals surface area contributed by atoms with Crippen molar-refractivity contribution in [2.75, 3.05) is 6.54 Å². The fourth-order valence-corrected chi connectivity index (χ4v) is 1.84. The first-order valence-corrected chi connectivity index (χ1v) is 6.98. The van der Waals surface area contributed by atoms with Crippen molar-refractivity contribution in [3.8, 4) is 0 Å². The van der Waals surface area contributed by atoms with Crippen LogP contribution in [-0.2, 0) is 14.8 Å². The standard InChI is InChI=1S/C12H16N2O3S/c1-10(15)14-9-3-2-4-11-5-7-12(8-6-11)18(13,16)17/h2,4-8H,3,9H2,1H3,(H,14,15)(H2,13,16,17). The lowest BCUT2D eigenvalue weighted by atomic mass is 10.2. The number of nitrogens with one attached hydrogen (secondary N) is 1. The summed E-state index contributed by atoms with van der Waals surface area (Å²) in [6.07, 6.45) is 4.48. The third-order valence-electron chi connectivity index (χ3n) is 2.20. The minimum Gasteiger partial charge on any atom is -0.356 e. The molecule has 0 aromatic heterocycles. The van der Waals surface area contributed by atoms with Gasteiger partial charge in [0.15, 0.2) is 0 Å². The molecule has 6 heteroatoms. The molecule has 1 aromatic rings. The van der Waals surface area contributed by atoms with Gasteiger partial charge in [-0.15, -0.1) is 0 Å². The van der Waals surface area contributed by atoms with E-state index < -0.39 is 10.0 Å². The van der Waals surface area contributed by atoms with Gasteiger partial charge in [-0.3, -0.25) is 4.79 Å². The van der Waals surface area contributed by atoms with E-state index in [1.165, 1.54) is 19.1 Å². The smallest absolute Gasteiger partial charge is 0.238 e. The summed E-state index contributed by atoms with van der Waals surface area (Å²) in [6.45, 7) is 2.05. The lowest BCUT2D eigenvalue weighted by Crippen LogP contribution is -2.20. The molecule has 0 radical (unpaired) electrons. The van der Waals surface area contributed by atoms with Crippen molar-refractivity contribution in [3.63, 3.8) is 0 Å². The van der Waals surface area contributed by atoms with E-state index in [2.05, 4.69) is 5.32 Å². The van der Waals surface area contributed by atoms with Gasteiger partial charge in [-0.1, -0.05) is 24.3 Å². The summed E-state index contributed by atoms with van der Waals surface area (Å²) in [6, 6.07) is 6.27. The van der Waals surface area contributed by atoms with Gasteiger partial charge in [0.25, 0.3) is 0 Å². The second-order valence-corrected chi connectivity index (χ2v) is 5.35. The normalized spacial score (nSPS) is 11.7.